The average Bonchev–Trinajstić information content (AvgIpc) is 3.13. The van der Waals surface area contributed by atoms with Crippen molar-refractivity contribution in [3.8, 4) is 0 Å². The highest BCUT2D eigenvalue weighted by Crippen LogP contribution is 2.61. The number of hydrogen-bond acceptors (Lipinski definition) is 2. The van der Waals surface area contributed by atoms with Gasteiger partial charge in [0.1, 0.15) is 5.60 Å². The molecule has 22 heavy (non-hydrogen) atoms. The summed E-state index contributed by atoms with van der Waals surface area (Å²) in [6.45, 7) is 2.26. The van der Waals surface area contributed by atoms with E-state index in [9.17, 15) is 4.79 Å². The molecule has 0 heterocycles. The van der Waals surface area contributed by atoms with E-state index in [0.29, 0.717) is 23.7 Å². The van der Waals surface area contributed by atoms with E-state index < -0.39 is 0 Å². The topological polar surface area (TPSA) is 26.3 Å². The maximum Gasteiger partial charge on any atom is 0.310 e. The molecule has 0 amide bonds. The van der Waals surface area contributed by atoms with Crippen molar-refractivity contribution >= 4 is 5.97 Å². The standard InChI is InChI=1S/C20H28O2/c1-2-20(16-7-13-5-14(9-16)10-17(20)8-13)22-19(21)18-11-12-3-4-15(18)6-12/h3-4,12-18H,2,5-11H2,1H3/t12-,13?,14?,15-,16?,17?,18+,20?/m0/s1. The highest BCUT2D eigenvalue weighted by molar-refractivity contribution is 5.74. The quantitative estimate of drug-likeness (QED) is 0.572. The van der Waals surface area contributed by atoms with Crippen molar-refractivity contribution in [1.82, 2.24) is 0 Å². The molecule has 0 aromatic rings. The number of ether oxygens (including phenoxy) is 1. The Morgan fingerprint density at radius 3 is 2.18 bits per heavy atom. The van der Waals surface area contributed by atoms with Gasteiger partial charge in [-0.2, -0.15) is 0 Å². The molecule has 0 aliphatic heterocycles. The van der Waals surface area contributed by atoms with Gasteiger partial charge < -0.3 is 4.74 Å². The van der Waals surface area contributed by atoms with Crippen LogP contribution in [0.15, 0.2) is 12.2 Å². The molecular weight excluding hydrogens is 272 g/mol. The zero-order chi connectivity index (χ0) is 14.9. The largest absolute Gasteiger partial charge is 0.458 e. The fourth-order valence-electron chi connectivity index (χ4n) is 7.11. The molecule has 6 bridgehead atoms. The molecule has 0 spiro atoms. The Labute approximate surface area is 133 Å². The van der Waals surface area contributed by atoms with Crippen molar-refractivity contribution in [1.29, 1.82) is 0 Å². The molecule has 2 nitrogen and oxygen atoms in total. The Kier molecular flexibility index (Phi) is 2.86. The summed E-state index contributed by atoms with van der Waals surface area (Å²) in [6.07, 6.45) is 14.6. The van der Waals surface area contributed by atoms with Gasteiger partial charge in [-0.15, -0.1) is 0 Å². The molecular formula is C20H28O2. The lowest BCUT2D eigenvalue weighted by molar-refractivity contribution is -0.215. The summed E-state index contributed by atoms with van der Waals surface area (Å²) in [5.41, 5.74) is -0.101. The molecule has 0 radical (unpaired) electrons. The molecule has 6 rings (SSSR count). The van der Waals surface area contributed by atoms with E-state index in [2.05, 4.69) is 19.1 Å². The summed E-state index contributed by atoms with van der Waals surface area (Å²) in [6, 6.07) is 0. The Bertz CT molecular complexity index is 492. The van der Waals surface area contributed by atoms with Crippen molar-refractivity contribution in [2.24, 2.45) is 41.4 Å². The third-order valence-electron chi connectivity index (χ3n) is 7.95. The number of carbonyl (C=O) groups is 1. The van der Waals surface area contributed by atoms with Crippen LogP contribution >= 0.6 is 0 Å². The van der Waals surface area contributed by atoms with Crippen LogP contribution in [0.1, 0.15) is 58.3 Å². The first-order valence-electron chi connectivity index (χ1n) is 9.59. The normalized spacial score (nSPS) is 54.1. The molecule has 2 heteroatoms. The van der Waals surface area contributed by atoms with Crippen molar-refractivity contribution in [2.75, 3.05) is 0 Å². The number of carbonyl (C=O) groups excluding carboxylic acids is 1. The Balaban J connectivity index is 1.38. The number of fused-ring (bicyclic) bond motifs is 2. The van der Waals surface area contributed by atoms with Gasteiger partial charge in [0.2, 0.25) is 0 Å². The van der Waals surface area contributed by atoms with Crippen LogP contribution < -0.4 is 0 Å². The van der Waals surface area contributed by atoms with Crippen molar-refractivity contribution < 1.29 is 9.53 Å². The second-order valence-corrected chi connectivity index (χ2v) is 8.92. The predicted molar refractivity (Wildman–Crippen MR) is 85.0 cm³/mol. The number of rotatable bonds is 3. The predicted octanol–water partition coefficient (Wildman–Crippen LogP) is 4.35. The molecule has 0 saturated heterocycles. The molecule has 0 aromatic carbocycles. The lowest BCUT2D eigenvalue weighted by atomic mass is 9.49. The highest BCUT2D eigenvalue weighted by atomic mass is 16.6. The van der Waals surface area contributed by atoms with E-state index in [0.717, 1.165) is 24.7 Å². The monoisotopic (exact) mass is 300 g/mol. The van der Waals surface area contributed by atoms with Gasteiger partial charge in [0.25, 0.3) is 0 Å². The summed E-state index contributed by atoms with van der Waals surface area (Å²) < 4.78 is 6.43. The minimum atomic E-state index is -0.101. The van der Waals surface area contributed by atoms with Crippen LogP contribution in [0.25, 0.3) is 0 Å². The molecule has 6 aliphatic carbocycles. The van der Waals surface area contributed by atoms with Crippen LogP contribution in [-0.2, 0) is 9.53 Å². The lowest BCUT2D eigenvalue weighted by Crippen LogP contribution is -2.59. The Morgan fingerprint density at radius 2 is 1.68 bits per heavy atom. The van der Waals surface area contributed by atoms with Crippen LogP contribution in [0.4, 0.5) is 0 Å². The first-order valence-corrected chi connectivity index (χ1v) is 9.59. The number of hydrogen-bond donors (Lipinski definition) is 0. The lowest BCUT2D eigenvalue weighted by Gasteiger charge is -2.60. The molecule has 0 unspecified atom stereocenters. The highest BCUT2D eigenvalue weighted by Gasteiger charge is 2.59. The fourth-order valence-corrected chi connectivity index (χ4v) is 7.11. The van der Waals surface area contributed by atoms with Gasteiger partial charge in [0.15, 0.2) is 0 Å². The summed E-state index contributed by atoms with van der Waals surface area (Å²) in [5.74, 6) is 4.62. The molecule has 5 fully saturated rings. The minimum absolute atomic E-state index is 0.101. The van der Waals surface area contributed by atoms with Gasteiger partial charge in [-0.1, -0.05) is 19.1 Å². The molecule has 120 valence electrons. The minimum Gasteiger partial charge on any atom is -0.458 e. The third-order valence-corrected chi connectivity index (χ3v) is 7.95. The molecule has 0 aromatic heterocycles. The van der Waals surface area contributed by atoms with Gasteiger partial charge in [0.05, 0.1) is 5.92 Å². The number of allylic oxidation sites excluding steroid dienone is 2. The molecule has 3 atom stereocenters. The van der Waals surface area contributed by atoms with Gasteiger partial charge >= 0.3 is 5.97 Å². The van der Waals surface area contributed by atoms with Crippen molar-refractivity contribution in [2.45, 2.75) is 63.9 Å². The molecule has 0 N–H and O–H groups in total. The van der Waals surface area contributed by atoms with E-state index >= 15 is 0 Å². The van der Waals surface area contributed by atoms with Crippen LogP contribution in [0.5, 0.6) is 0 Å². The van der Waals surface area contributed by atoms with Crippen molar-refractivity contribution in [3.05, 3.63) is 12.2 Å². The zero-order valence-electron chi connectivity index (χ0n) is 13.7. The second-order valence-electron chi connectivity index (χ2n) is 8.92. The summed E-state index contributed by atoms with van der Waals surface area (Å²) in [5, 5.41) is 0. The zero-order valence-corrected chi connectivity index (χ0v) is 13.7. The Morgan fingerprint density at radius 1 is 1.00 bits per heavy atom. The second kappa shape index (κ2) is 4.61. The maximum atomic E-state index is 12.9. The van der Waals surface area contributed by atoms with Gasteiger partial charge in [-0.25, -0.2) is 0 Å². The van der Waals surface area contributed by atoms with E-state index in [4.69, 9.17) is 4.74 Å². The summed E-state index contributed by atoms with van der Waals surface area (Å²) in [4.78, 5) is 12.9. The average molecular weight is 300 g/mol. The van der Waals surface area contributed by atoms with Gasteiger partial charge in [-0.05, 0) is 86.9 Å². The first kappa shape index (κ1) is 13.6. The molecule has 5 saturated carbocycles. The van der Waals surface area contributed by atoms with E-state index in [1.165, 1.54) is 38.5 Å². The molecule has 6 aliphatic rings. The smallest absolute Gasteiger partial charge is 0.310 e. The van der Waals surface area contributed by atoms with Crippen LogP contribution in [0.3, 0.4) is 0 Å². The maximum absolute atomic E-state index is 12.9. The SMILES string of the molecule is CCC1(OC(=O)[C@@H]2C[C@H]3C=C[C@H]2C3)C2CC3CC(C2)CC1C3. The van der Waals surface area contributed by atoms with E-state index in [-0.39, 0.29) is 17.5 Å². The van der Waals surface area contributed by atoms with Gasteiger partial charge in [-0.3, -0.25) is 4.79 Å². The van der Waals surface area contributed by atoms with Crippen LogP contribution in [0, 0.1) is 41.4 Å². The van der Waals surface area contributed by atoms with Crippen molar-refractivity contribution in [3.63, 3.8) is 0 Å². The first-order chi connectivity index (χ1) is 10.7. The Hall–Kier alpha value is -0.790. The third kappa shape index (κ3) is 1.76. The summed E-state index contributed by atoms with van der Waals surface area (Å²) >= 11 is 0. The van der Waals surface area contributed by atoms with Crippen LogP contribution in [0.2, 0.25) is 0 Å². The van der Waals surface area contributed by atoms with E-state index in [1.807, 2.05) is 0 Å². The fraction of sp³-hybridized carbons (Fsp3) is 0.850. The van der Waals surface area contributed by atoms with Gasteiger partial charge in [0, 0.05) is 0 Å². The van der Waals surface area contributed by atoms with E-state index in [1.54, 1.807) is 0 Å². The van der Waals surface area contributed by atoms with Crippen LogP contribution in [-0.4, -0.2) is 11.6 Å². The summed E-state index contributed by atoms with van der Waals surface area (Å²) in [7, 11) is 0. The number of esters is 1.